The molecule has 0 aliphatic carbocycles. The van der Waals surface area contributed by atoms with Crippen LogP contribution in [0.3, 0.4) is 0 Å². The van der Waals surface area contributed by atoms with Gasteiger partial charge in [-0.15, -0.1) is 0 Å². The predicted molar refractivity (Wildman–Crippen MR) is 69.8 cm³/mol. The standard InChI is InChI=1S/C12H16BrFN2O/c13-11-9-10(14)1-2-12(11)15-3-4-16-5-7-17-8-6-16/h1-2,9,15H,3-8H2. The lowest BCUT2D eigenvalue weighted by atomic mass is 10.3. The van der Waals surface area contributed by atoms with E-state index in [0.717, 1.165) is 49.6 Å². The largest absolute Gasteiger partial charge is 0.383 e. The Morgan fingerprint density at radius 3 is 2.82 bits per heavy atom. The van der Waals surface area contributed by atoms with E-state index in [1.165, 1.54) is 12.1 Å². The summed E-state index contributed by atoms with van der Waals surface area (Å²) < 4.78 is 18.9. The molecule has 1 aliphatic heterocycles. The van der Waals surface area contributed by atoms with E-state index in [0.29, 0.717) is 0 Å². The second-order valence-corrected chi connectivity index (χ2v) is 4.86. The lowest BCUT2D eigenvalue weighted by molar-refractivity contribution is 0.0398. The average molecular weight is 303 g/mol. The van der Waals surface area contributed by atoms with Crippen molar-refractivity contribution in [2.75, 3.05) is 44.7 Å². The number of rotatable bonds is 4. The molecule has 5 heteroatoms. The van der Waals surface area contributed by atoms with E-state index in [9.17, 15) is 4.39 Å². The van der Waals surface area contributed by atoms with Gasteiger partial charge in [0.15, 0.2) is 0 Å². The number of ether oxygens (including phenoxy) is 1. The van der Waals surface area contributed by atoms with E-state index in [-0.39, 0.29) is 5.82 Å². The van der Waals surface area contributed by atoms with E-state index in [2.05, 4.69) is 26.1 Å². The van der Waals surface area contributed by atoms with E-state index in [1.54, 1.807) is 6.07 Å². The average Bonchev–Trinajstić information content (AvgIpc) is 2.33. The van der Waals surface area contributed by atoms with Gasteiger partial charge in [-0.3, -0.25) is 4.90 Å². The molecule has 0 unspecified atom stereocenters. The molecule has 1 aliphatic rings. The van der Waals surface area contributed by atoms with Crippen LogP contribution in [0.15, 0.2) is 22.7 Å². The van der Waals surface area contributed by atoms with Crippen molar-refractivity contribution in [3.05, 3.63) is 28.5 Å². The van der Waals surface area contributed by atoms with Crippen molar-refractivity contribution in [1.29, 1.82) is 0 Å². The maximum atomic E-state index is 12.9. The van der Waals surface area contributed by atoms with Gasteiger partial charge in [-0.2, -0.15) is 0 Å². The van der Waals surface area contributed by atoms with Crippen molar-refractivity contribution in [2.24, 2.45) is 0 Å². The number of hydrogen-bond donors (Lipinski definition) is 1. The van der Waals surface area contributed by atoms with Crippen molar-refractivity contribution in [1.82, 2.24) is 4.90 Å². The summed E-state index contributed by atoms with van der Waals surface area (Å²) in [6.45, 7) is 5.45. The van der Waals surface area contributed by atoms with Crippen LogP contribution in [0.2, 0.25) is 0 Å². The first-order valence-corrected chi connectivity index (χ1v) is 6.54. The highest BCUT2D eigenvalue weighted by molar-refractivity contribution is 9.10. The number of nitrogens with one attached hydrogen (secondary N) is 1. The Kier molecular flexibility index (Phi) is 4.76. The first kappa shape index (κ1) is 12.8. The van der Waals surface area contributed by atoms with Crippen LogP contribution in [0.1, 0.15) is 0 Å². The second-order valence-electron chi connectivity index (χ2n) is 4.00. The molecule has 0 atom stereocenters. The molecule has 1 aromatic rings. The van der Waals surface area contributed by atoms with Crippen LogP contribution >= 0.6 is 15.9 Å². The van der Waals surface area contributed by atoms with E-state index >= 15 is 0 Å². The molecule has 1 N–H and O–H groups in total. The Balaban J connectivity index is 1.77. The molecule has 94 valence electrons. The SMILES string of the molecule is Fc1ccc(NCCN2CCOCC2)c(Br)c1. The van der Waals surface area contributed by atoms with Gasteiger partial charge in [-0.05, 0) is 34.1 Å². The summed E-state index contributed by atoms with van der Waals surface area (Å²) in [6, 6.07) is 4.68. The van der Waals surface area contributed by atoms with Crippen molar-refractivity contribution < 1.29 is 9.13 Å². The summed E-state index contributed by atoms with van der Waals surface area (Å²) in [6.07, 6.45) is 0. The van der Waals surface area contributed by atoms with Crippen molar-refractivity contribution in [2.45, 2.75) is 0 Å². The molecule has 0 spiro atoms. The van der Waals surface area contributed by atoms with Crippen molar-refractivity contribution >= 4 is 21.6 Å². The number of anilines is 1. The molecule has 0 radical (unpaired) electrons. The van der Waals surface area contributed by atoms with Crippen LogP contribution in [0.5, 0.6) is 0 Å². The van der Waals surface area contributed by atoms with E-state index < -0.39 is 0 Å². The quantitative estimate of drug-likeness (QED) is 0.924. The van der Waals surface area contributed by atoms with Gasteiger partial charge in [-0.1, -0.05) is 0 Å². The molecular weight excluding hydrogens is 287 g/mol. The predicted octanol–water partition coefficient (Wildman–Crippen LogP) is 2.33. The lowest BCUT2D eigenvalue weighted by Gasteiger charge is -2.26. The second kappa shape index (κ2) is 6.33. The summed E-state index contributed by atoms with van der Waals surface area (Å²) in [7, 11) is 0. The van der Waals surface area contributed by atoms with Gasteiger partial charge < -0.3 is 10.1 Å². The number of hydrogen-bond acceptors (Lipinski definition) is 3. The molecule has 0 bridgehead atoms. The molecular formula is C12H16BrFN2O. The highest BCUT2D eigenvalue weighted by Gasteiger charge is 2.09. The number of benzene rings is 1. The fourth-order valence-electron chi connectivity index (χ4n) is 1.81. The number of halogens is 2. The normalized spacial score (nSPS) is 17.1. The first-order valence-electron chi connectivity index (χ1n) is 5.75. The van der Waals surface area contributed by atoms with E-state index in [1.807, 2.05) is 0 Å². The molecule has 2 rings (SSSR count). The molecule has 1 fully saturated rings. The van der Waals surface area contributed by atoms with Crippen molar-refractivity contribution in [3.8, 4) is 0 Å². The third kappa shape index (κ3) is 3.94. The van der Waals surface area contributed by atoms with Crippen LogP contribution in [0.25, 0.3) is 0 Å². The minimum absolute atomic E-state index is 0.226. The maximum absolute atomic E-state index is 12.9. The van der Waals surface area contributed by atoms with Gasteiger partial charge in [0.05, 0.1) is 13.2 Å². The summed E-state index contributed by atoms with van der Waals surface area (Å²) >= 11 is 3.34. The summed E-state index contributed by atoms with van der Waals surface area (Å²) in [5.41, 5.74) is 0.930. The minimum atomic E-state index is -0.226. The molecule has 0 amide bonds. The Labute approximate surface area is 109 Å². The monoisotopic (exact) mass is 302 g/mol. The van der Waals surface area contributed by atoms with Crippen LogP contribution in [0, 0.1) is 5.82 Å². The molecule has 0 saturated carbocycles. The van der Waals surface area contributed by atoms with Gasteiger partial charge in [0.2, 0.25) is 0 Å². The van der Waals surface area contributed by atoms with Gasteiger partial charge in [0.1, 0.15) is 5.82 Å². The fraction of sp³-hybridized carbons (Fsp3) is 0.500. The smallest absolute Gasteiger partial charge is 0.124 e. The lowest BCUT2D eigenvalue weighted by Crippen LogP contribution is -2.39. The summed E-state index contributed by atoms with van der Waals surface area (Å²) in [4.78, 5) is 2.36. The van der Waals surface area contributed by atoms with E-state index in [4.69, 9.17) is 4.74 Å². The molecule has 1 heterocycles. The topological polar surface area (TPSA) is 24.5 Å². The highest BCUT2D eigenvalue weighted by atomic mass is 79.9. The Morgan fingerprint density at radius 2 is 2.12 bits per heavy atom. The summed E-state index contributed by atoms with van der Waals surface area (Å²) in [5.74, 6) is -0.226. The molecule has 3 nitrogen and oxygen atoms in total. The van der Waals surface area contributed by atoms with Crippen LogP contribution < -0.4 is 5.32 Å². The van der Waals surface area contributed by atoms with Crippen molar-refractivity contribution in [3.63, 3.8) is 0 Å². The maximum Gasteiger partial charge on any atom is 0.124 e. The molecule has 17 heavy (non-hydrogen) atoms. The third-order valence-electron chi connectivity index (χ3n) is 2.78. The zero-order chi connectivity index (χ0) is 12.1. The van der Waals surface area contributed by atoms with Crippen LogP contribution in [-0.2, 0) is 4.74 Å². The molecule has 1 saturated heterocycles. The van der Waals surface area contributed by atoms with Gasteiger partial charge >= 0.3 is 0 Å². The molecule has 0 aromatic heterocycles. The number of morpholine rings is 1. The minimum Gasteiger partial charge on any atom is -0.383 e. The zero-order valence-electron chi connectivity index (χ0n) is 9.59. The fourth-order valence-corrected chi connectivity index (χ4v) is 2.30. The molecule has 1 aromatic carbocycles. The highest BCUT2D eigenvalue weighted by Crippen LogP contribution is 2.22. The number of nitrogens with zero attached hydrogens (tertiary/aromatic N) is 1. The van der Waals surface area contributed by atoms with Crippen LogP contribution in [0.4, 0.5) is 10.1 Å². The Hall–Kier alpha value is -0.650. The first-order chi connectivity index (χ1) is 8.25. The summed E-state index contributed by atoms with van der Waals surface area (Å²) in [5, 5.41) is 3.29. The van der Waals surface area contributed by atoms with Gasteiger partial charge in [0.25, 0.3) is 0 Å². The van der Waals surface area contributed by atoms with Gasteiger partial charge in [0, 0.05) is 36.3 Å². The van der Waals surface area contributed by atoms with Crippen LogP contribution in [-0.4, -0.2) is 44.3 Å². The zero-order valence-corrected chi connectivity index (χ0v) is 11.2. The third-order valence-corrected chi connectivity index (χ3v) is 3.43. The Morgan fingerprint density at radius 1 is 1.35 bits per heavy atom. The Bertz CT molecular complexity index is 370. The van der Waals surface area contributed by atoms with Gasteiger partial charge in [-0.25, -0.2) is 4.39 Å².